The molecule has 2 saturated carbocycles. The number of nitrogens with zero attached hydrogens (tertiary/aromatic N) is 2. The van der Waals surface area contributed by atoms with Crippen molar-refractivity contribution in [2.24, 2.45) is 5.92 Å². The third-order valence-corrected chi connectivity index (χ3v) is 7.06. The molecule has 0 spiro atoms. The van der Waals surface area contributed by atoms with Crippen LogP contribution < -0.4 is 16.2 Å². The van der Waals surface area contributed by atoms with Crippen molar-refractivity contribution in [2.75, 3.05) is 5.32 Å². The Bertz CT molecular complexity index is 1210. The zero-order valence-electron chi connectivity index (χ0n) is 19.7. The van der Waals surface area contributed by atoms with Crippen molar-refractivity contribution >= 4 is 11.7 Å². The zero-order valence-corrected chi connectivity index (χ0v) is 19.7. The maximum absolute atomic E-state index is 13.6. The highest BCUT2D eigenvalue weighted by Crippen LogP contribution is 2.36. The molecular formula is C28H32N4O2. The third kappa shape index (κ3) is 4.91. The molecule has 1 atom stereocenters. The van der Waals surface area contributed by atoms with E-state index in [1.807, 2.05) is 37.3 Å². The van der Waals surface area contributed by atoms with Crippen LogP contribution >= 0.6 is 0 Å². The number of hydrogen-bond acceptors (Lipinski definition) is 4. The van der Waals surface area contributed by atoms with Crippen LogP contribution in [0.1, 0.15) is 72.5 Å². The molecule has 1 amide bonds. The molecule has 2 N–H and O–H groups in total. The molecule has 176 valence electrons. The summed E-state index contributed by atoms with van der Waals surface area (Å²) >= 11 is 0. The van der Waals surface area contributed by atoms with E-state index in [1.165, 1.54) is 24.8 Å². The highest BCUT2D eigenvalue weighted by Gasteiger charge is 2.27. The lowest BCUT2D eigenvalue weighted by Gasteiger charge is -2.31. The fourth-order valence-electron chi connectivity index (χ4n) is 4.96. The van der Waals surface area contributed by atoms with E-state index in [1.54, 1.807) is 23.0 Å². The van der Waals surface area contributed by atoms with Gasteiger partial charge in [-0.1, -0.05) is 55.7 Å². The number of aromatic nitrogens is 2. The second-order valence-electron chi connectivity index (χ2n) is 9.63. The normalized spacial score (nSPS) is 17.2. The Hall–Kier alpha value is -3.41. The van der Waals surface area contributed by atoms with Crippen molar-refractivity contribution in [3.8, 4) is 5.69 Å². The molecule has 2 aliphatic rings. The number of rotatable bonds is 7. The highest BCUT2D eigenvalue weighted by atomic mass is 16.2. The Balaban J connectivity index is 1.47. The van der Waals surface area contributed by atoms with Gasteiger partial charge in [0.15, 0.2) is 5.82 Å². The Morgan fingerprint density at radius 2 is 1.79 bits per heavy atom. The fraction of sp³-hybridized carbons (Fsp3) is 0.393. The largest absolute Gasteiger partial charge is 0.358 e. The number of anilines is 1. The van der Waals surface area contributed by atoms with Crippen LogP contribution in [-0.2, 0) is 0 Å². The van der Waals surface area contributed by atoms with Gasteiger partial charge in [-0.3, -0.25) is 14.2 Å². The summed E-state index contributed by atoms with van der Waals surface area (Å²) in [4.78, 5) is 30.6. The number of nitrogens with one attached hydrogen (secondary N) is 2. The van der Waals surface area contributed by atoms with Crippen LogP contribution in [0.3, 0.4) is 0 Å². The first kappa shape index (κ1) is 22.4. The molecule has 5 rings (SSSR count). The second kappa shape index (κ2) is 9.84. The van der Waals surface area contributed by atoms with Crippen LogP contribution in [0.5, 0.6) is 0 Å². The van der Waals surface area contributed by atoms with Gasteiger partial charge in [-0.15, -0.1) is 0 Å². The van der Waals surface area contributed by atoms with E-state index in [9.17, 15) is 9.59 Å². The van der Waals surface area contributed by atoms with Crippen LogP contribution in [0.15, 0.2) is 65.7 Å². The topological polar surface area (TPSA) is 76.0 Å². The average molecular weight is 457 g/mol. The minimum atomic E-state index is -0.206. The van der Waals surface area contributed by atoms with Crippen LogP contribution in [-0.4, -0.2) is 21.5 Å². The van der Waals surface area contributed by atoms with E-state index in [-0.39, 0.29) is 23.6 Å². The summed E-state index contributed by atoms with van der Waals surface area (Å²) in [6.45, 7) is 1.95. The van der Waals surface area contributed by atoms with Crippen molar-refractivity contribution in [1.29, 1.82) is 0 Å². The van der Waals surface area contributed by atoms with Gasteiger partial charge in [-0.2, -0.15) is 0 Å². The van der Waals surface area contributed by atoms with Gasteiger partial charge in [0.2, 0.25) is 0 Å². The van der Waals surface area contributed by atoms with Gasteiger partial charge in [0.25, 0.3) is 11.5 Å². The summed E-state index contributed by atoms with van der Waals surface area (Å²) in [5.41, 5.74) is 3.17. The summed E-state index contributed by atoms with van der Waals surface area (Å²) in [6, 6.07) is 16.2. The van der Waals surface area contributed by atoms with E-state index in [4.69, 9.17) is 0 Å². The van der Waals surface area contributed by atoms with Crippen molar-refractivity contribution in [3.05, 3.63) is 88.0 Å². The number of carbonyl (C=O) groups is 1. The quantitative estimate of drug-likeness (QED) is 0.514. The zero-order chi connectivity index (χ0) is 23.5. The van der Waals surface area contributed by atoms with Gasteiger partial charge in [0.1, 0.15) is 0 Å². The van der Waals surface area contributed by atoms with Crippen molar-refractivity contribution in [2.45, 2.75) is 64.0 Å². The second-order valence-corrected chi connectivity index (χ2v) is 9.63. The third-order valence-electron chi connectivity index (χ3n) is 7.06. The predicted octanol–water partition coefficient (Wildman–Crippen LogP) is 5.17. The van der Waals surface area contributed by atoms with Gasteiger partial charge < -0.3 is 10.6 Å². The van der Waals surface area contributed by atoms with Gasteiger partial charge in [0.05, 0.1) is 11.7 Å². The lowest BCUT2D eigenvalue weighted by molar-refractivity contribution is 0.0951. The molecule has 0 unspecified atom stereocenters. The first-order valence-corrected chi connectivity index (χ1v) is 12.4. The minimum Gasteiger partial charge on any atom is -0.358 e. The number of hydrogen-bond donors (Lipinski definition) is 2. The molecule has 2 aromatic carbocycles. The van der Waals surface area contributed by atoms with E-state index >= 15 is 0 Å². The smallest absolute Gasteiger partial charge is 0.297 e. The molecule has 2 aliphatic carbocycles. The van der Waals surface area contributed by atoms with Crippen molar-refractivity contribution < 1.29 is 4.79 Å². The number of aryl methyl sites for hydroxylation is 1. The summed E-state index contributed by atoms with van der Waals surface area (Å²) in [6.07, 6.45) is 11.4. The lowest BCUT2D eigenvalue weighted by Crippen LogP contribution is -2.30. The van der Waals surface area contributed by atoms with Crippen molar-refractivity contribution in [3.63, 3.8) is 0 Å². The van der Waals surface area contributed by atoms with E-state index in [0.717, 1.165) is 31.2 Å². The molecule has 0 saturated heterocycles. The molecule has 0 bridgehead atoms. The van der Waals surface area contributed by atoms with E-state index in [0.29, 0.717) is 23.0 Å². The first-order valence-electron chi connectivity index (χ1n) is 12.4. The molecule has 0 radical (unpaired) electrons. The van der Waals surface area contributed by atoms with E-state index in [2.05, 4.69) is 27.8 Å². The SMILES string of the molecule is Cc1ccc(C(=O)NC2CC2)cc1-n1ccnc(N[C@H](c2ccccc2)C2CCCCC2)c1=O. The van der Waals surface area contributed by atoms with Crippen LogP contribution in [0, 0.1) is 12.8 Å². The van der Waals surface area contributed by atoms with Gasteiger partial charge in [-0.05, 0) is 61.8 Å². The Morgan fingerprint density at radius 1 is 1.03 bits per heavy atom. The van der Waals surface area contributed by atoms with Crippen LogP contribution in [0.4, 0.5) is 5.82 Å². The molecule has 6 nitrogen and oxygen atoms in total. The highest BCUT2D eigenvalue weighted by molar-refractivity contribution is 5.95. The number of carbonyl (C=O) groups excluding carboxylic acids is 1. The Labute approximate surface area is 200 Å². The van der Waals surface area contributed by atoms with Gasteiger partial charge >= 0.3 is 0 Å². The summed E-state index contributed by atoms with van der Waals surface area (Å²) in [5, 5.41) is 6.53. The molecule has 1 aromatic heterocycles. The molecule has 6 heteroatoms. The Kier molecular flexibility index (Phi) is 6.48. The monoisotopic (exact) mass is 456 g/mol. The van der Waals surface area contributed by atoms with Crippen LogP contribution in [0.2, 0.25) is 0 Å². The maximum atomic E-state index is 13.6. The number of amides is 1. The van der Waals surface area contributed by atoms with Gasteiger partial charge in [-0.25, -0.2) is 4.98 Å². The van der Waals surface area contributed by atoms with Crippen LogP contribution in [0.25, 0.3) is 5.69 Å². The molecule has 0 aliphatic heterocycles. The summed E-state index contributed by atoms with van der Waals surface area (Å²) < 4.78 is 1.60. The first-order chi connectivity index (χ1) is 16.6. The molecule has 1 heterocycles. The molecule has 2 fully saturated rings. The molecular weight excluding hydrogens is 424 g/mol. The number of benzene rings is 2. The van der Waals surface area contributed by atoms with E-state index < -0.39 is 0 Å². The van der Waals surface area contributed by atoms with Crippen molar-refractivity contribution in [1.82, 2.24) is 14.9 Å². The Morgan fingerprint density at radius 3 is 2.53 bits per heavy atom. The average Bonchev–Trinajstić information content (AvgIpc) is 3.69. The minimum absolute atomic E-state index is 0.0364. The molecule has 3 aromatic rings. The standard InChI is InChI=1S/C28H32N4O2/c1-19-12-13-22(27(33)30-23-14-15-23)18-24(19)32-17-16-29-26(28(32)34)31-25(20-8-4-2-5-9-20)21-10-6-3-7-11-21/h2,4-5,8-9,12-13,16-18,21,23,25H,3,6-7,10-11,14-15H2,1H3,(H,29,31)(H,30,33)/t25-/m1/s1. The summed E-state index contributed by atoms with van der Waals surface area (Å²) in [7, 11) is 0. The maximum Gasteiger partial charge on any atom is 0.297 e. The summed E-state index contributed by atoms with van der Waals surface area (Å²) in [5.74, 6) is 0.710. The predicted molar refractivity (Wildman–Crippen MR) is 134 cm³/mol. The van der Waals surface area contributed by atoms with Gasteiger partial charge in [0, 0.05) is 24.0 Å². The fourth-order valence-corrected chi connectivity index (χ4v) is 4.96. The molecule has 34 heavy (non-hydrogen) atoms. The lowest BCUT2D eigenvalue weighted by atomic mass is 9.81.